The van der Waals surface area contributed by atoms with Crippen molar-refractivity contribution in [3.05, 3.63) is 28.9 Å². The van der Waals surface area contributed by atoms with Gasteiger partial charge in [-0.1, -0.05) is 15.9 Å². The third-order valence-corrected chi connectivity index (χ3v) is 5.17. The zero-order chi connectivity index (χ0) is 17.4. The molecular formula is C18H22BrN5O. The quantitative estimate of drug-likeness (QED) is 0.667. The normalized spacial score (nSPS) is 16.4. The molecule has 1 aromatic carbocycles. The van der Waals surface area contributed by atoms with Gasteiger partial charge in [-0.2, -0.15) is 0 Å². The van der Waals surface area contributed by atoms with E-state index in [4.69, 9.17) is 9.40 Å². The van der Waals surface area contributed by atoms with Crippen LogP contribution in [0.3, 0.4) is 0 Å². The number of hydrogen-bond acceptors (Lipinski definition) is 6. The zero-order valence-electron chi connectivity index (χ0n) is 14.6. The van der Waals surface area contributed by atoms with Crippen LogP contribution in [0.15, 0.2) is 33.3 Å². The van der Waals surface area contributed by atoms with E-state index in [9.17, 15) is 0 Å². The summed E-state index contributed by atoms with van der Waals surface area (Å²) in [6, 6.07) is 5.99. The maximum absolute atomic E-state index is 5.84. The van der Waals surface area contributed by atoms with Crippen LogP contribution in [0.1, 0.15) is 0 Å². The molecule has 1 saturated heterocycles. The summed E-state index contributed by atoms with van der Waals surface area (Å²) in [5.41, 5.74) is 2.47. The van der Waals surface area contributed by atoms with Gasteiger partial charge in [0.1, 0.15) is 11.1 Å². The number of aromatic nitrogens is 2. The summed E-state index contributed by atoms with van der Waals surface area (Å²) in [4.78, 5) is 16.3. The Morgan fingerprint density at radius 3 is 2.72 bits per heavy atom. The molecule has 132 valence electrons. The summed E-state index contributed by atoms with van der Waals surface area (Å²) < 4.78 is 6.87. The molecule has 1 aliphatic rings. The number of furan rings is 1. The number of benzene rings is 1. The van der Waals surface area contributed by atoms with Gasteiger partial charge in [-0.25, -0.2) is 9.97 Å². The first-order valence-corrected chi connectivity index (χ1v) is 9.36. The lowest BCUT2D eigenvalue weighted by Crippen LogP contribution is -2.48. The van der Waals surface area contributed by atoms with E-state index in [0.717, 1.165) is 71.8 Å². The minimum absolute atomic E-state index is 0.737. The Morgan fingerprint density at radius 2 is 1.96 bits per heavy atom. The second-order valence-corrected chi connectivity index (χ2v) is 7.67. The molecule has 0 radical (unpaired) electrons. The van der Waals surface area contributed by atoms with E-state index in [2.05, 4.69) is 55.8 Å². The Balaban J connectivity index is 1.54. The first-order valence-electron chi connectivity index (χ1n) is 8.57. The monoisotopic (exact) mass is 403 g/mol. The van der Waals surface area contributed by atoms with E-state index in [1.54, 1.807) is 6.20 Å². The van der Waals surface area contributed by atoms with Crippen LogP contribution in [0.5, 0.6) is 0 Å². The third kappa shape index (κ3) is 3.49. The van der Waals surface area contributed by atoms with Crippen LogP contribution in [0.25, 0.3) is 22.1 Å². The van der Waals surface area contributed by atoms with Gasteiger partial charge in [-0.05, 0) is 32.3 Å². The third-order valence-electron chi connectivity index (χ3n) is 4.68. The molecule has 25 heavy (non-hydrogen) atoms. The van der Waals surface area contributed by atoms with E-state index in [-0.39, 0.29) is 0 Å². The fourth-order valence-electron chi connectivity index (χ4n) is 3.19. The number of anilines is 1. The molecule has 0 unspecified atom stereocenters. The van der Waals surface area contributed by atoms with Gasteiger partial charge in [0.25, 0.3) is 0 Å². The summed E-state index contributed by atoms with van der Waals surface area (Å²) in [5.74, 6) is 0.794. The first kappa shape index (κ1) is 16.8. The molecule has 4 rings (SSSR count). The van der Waals surface area contributed by atoms with Crippen molar-refractivity contribution in [2.75, 3.05) is 58.3 Å². The minimum Gasteiger partial charge on any atom is -0.453 e. The summed E-state index contributed by atoms with van der Waals surface area (Å²) in [6.07, 6.45) is 1.80. The number of piperazine rings is 1. The van der Waals surface area contributed by atoms with Gasteiger partial charge in [0.15, 0.2) is 5.58 Å². The molecule has 7 heteroatoms. The lowest BCUT2D eigenvalue weighted by atomic mass is 10.2. The lowest BCUT2D eigenvalue weighted by molar-refractivity contribution is 0.229. The molecule has 0 bridgehead atoms. The molecule has 0 N–H and O–H groups in total. The van der Waals surface area contributed by atoms with Gasteiger partial charge in [0.2, 0.25) is 5.95 Å². The van der Waals surface area contributed by atoms with Gasteiger partial charge in [0.05, 0.1) is 6.20 Å². The van der Waals surface area contributed by atoms with E-state index in [1.165, 1.54) is 0 Å². The second kappa shape index (κ2) is 6.90. The molecule has 0 saturated carbocycles. The maximum atomic E-state index is 5.84. The Labute approximate surface area is 155 Å². The average molecular weight is 404 g/mol. The highest BCUT2D eigenvalue weighted by atomic mass is 79.9. The van der Waals surface area contributed by atoms with Gasteiger partial charge < -0.3 is 14.2 Å². The number of halogens is 1. The Bertz CT molecular complexity index is 886. The molecule has 0 aliphatic carbocycles. The van der Waals surface area contributed by atoms with Crippen LogP contribution < -0.4 is 4.90 Å². The molecular weight excluding hydrogens is 382 g/mol. The minimum atomic E-state index is 0.737. The first-order chi connectivity index (χ1) is 12.1. The van der Waals surface area contributed by atoms with Crippen molar-refractivity contribution in [2.24, 2.45) is 0 Å². The standard InChI is InChI=1S/C18H22BrN5O/c1-22(2)5-6-23-7-9-24(10-8-23)18-20-12-16-17(21-18)14-11-13(19)3-4-15(14)25-16/h3-4,11-12H,5-10H2,1-2H3. The summed E-state index contributed by atoms with van der Waals surface area (Å²) in [6.45, 7) is 6.22. The van der Waals surface area contributed by atoms with E-state index in [0.29, 0.717) is 0 Å². The highest BCUT2D eigenvalue weighted by Gasteiger charge is 2.20. The van der Waals surface area contributed by atoms with Crippen LogP contribution in [0.2, 0.25) is 0 Å². The lowest BCUT2D eigenvalue weighted by Gasteiger charge is -2.35. The van der Waals surface area contributed by atoms with Gasteiger partial charge in [-0.3, -0.25) is 4.90 Å². The van der Waals surface area contributed by atoms with Crippen molar-refractivity contribution < 1.29 is 4.42 Å². The Kier molecular flexibility index (Phi) is 4.62. The molecule has 0 spiro atoms. The Morgan fingerprint density at radius 1 is 1.16 bits per heavy atom. The molecule has 1 aliphatic heterocycles. The summed E-state index contributed by atoms with van der Waals surface area (Å²) in [5, 5.41) is 1.03. The summed E-state index contributed by atoms with van der Waals surface area (Å²) in [7, 11) is 4.24. The molecule has 0 atom stereocenters. The molecule has 0 amide bonds. The van der Waals surface area contributed by atoms with E-state index < -0.39 is 0 Å². The number of hydrogen-bond donors (Lipinski definition) is 0. The van der Waals surface area contributed by atoms with Gasteiger partial charge >= 0.3 is 0 Å². The van der Waals surface area contributed by atoms with Gasteiger partial charge in [0, 0.05) is 49.1 Å². The summed E-state index contributed by atoms with van der Waals surface area (Å²) >= 11 is 3.52. The van der Waals surface area contributed by atoms with Crippen molar-refractivity contribution in [3.63, 3.8) is 0 Å². The van der Waals surface area contributed by atoms with Crippen LogP contribution in [0.4, 0.5) is 5.95 Å². The second-order valence-electron chi connectivity index (χ2n) is 6.76. The predicted octanol–water partition coefficient (Wildman–Crippen LogP) is 2.82. The van der Waals surface area contributed by atoms with Crippen molar-refractivity contribution in [1.82, 2.24) is 19.8 Å². The largest absolute Gasteiger partial charge is 0.453 e. The van der Waals surface area contributed by atoms with Crippen LogP contribution >= 0.6 is 15.9 Å². The molecule has 3 heterocycles. The fourth-order valence-corrected chi connectivity index (χ4v) is 3.55. The number of rotatable bonds is 4. The molecule has 2 aromatic heterocycles. The Hall–Kier alpha value is -1.70. The van der Waals surface area contributed by atoms with Crippen LogP contribution in [-0.2, 0) is 0 Å². The molecule has 6 nitrogen and oxygen atoms in total. The smallest absolute Gasteiger partial charge is 0.226 e. The van der Waals surface area contributed by atoms with Crippen molar-refractivity contribution in [1.29, 1.82) is 0 Å². The number of likely N-dealkylation sites (N-methyl/N-ethyl adjacent to an activating group) is 1. The van der Waals surface area contributed by atoms with Crippen LogP contribution in [0, 0.1) is 0 Å². The maximum Gasteiger partial charge on any atom is 0.226 e. The highest BCUT2D eigenvalue weighted by molar-refractivity contribution is 9.10. The van der Waals surface area contributed by atoms with Crippen LogP contribution in [-0.4, -0.2) is 73.1 Å². The van der Waals surface area contributed by atoms with Gasteiger partial charge in [-0.15, -0.1) is 0 Å². The van der Waals surface area contributed by atoms with E-state index in [1.807, 2.05) is 12.1 Å². The van der Waals surface area contributed by atoms with Crippen molar-refractivity contribution in [3.8, 4) is 0 Å². The SMILES string of the molecule is CN(C)CCN1CCN(c2ncc3oc4ccc(Br)cc4c3n2)CC1. The average Bonchev–Trinajstić information content (AvgIpc) is 2.97. The highest BCUT2D eigenvalue weighted by Crippen LogP contribution is 2.30. The topological polar surface area (TPSA) is 48.6 Å². The fraction of sp³-hybridized carbons (Fsp3) is 0.444. The van der Waals surface area contributed by atoms with E-state index >= 15 is 0 Å². The number of nitrogens with zero attached hydrogens (tertiary/aromatic N) is 5. The molecule has 1 fully saturated rings. The predicted molar refractivity (Wildman–Crippen MR) is 104 cm³/mol. The zero-order valence-corrected chi connectivity index (χ0v) is 16.2. The van der Waals surface area contributed by atoms with Crippen molar-refractivity contribution >= 4 is 43.9 Å². The van der Waals surface area contributed by atoms with Crippen molar-refractivity contribution in [2.45, 2.75) is 0 Å². The number of fused-ring (bicyclic) bond motifs is 3. The molecule has 3 aromatic rings.